The Morgan fingerprint density at radius 2 is 2.16 bits per heavy atom. The Hall–Kier alpha value is -1.88. The second kappa shape index (κ2) is 5.84. The standard InChI is InChI=1S/C14H20N4O/c1-4-18-12-8-6-5-7-11(12)17-13(18)9-16-10(2)14(19)15-3/h5-8,10,16H,4,9H2,1-3H3,(H,15,19). The summed E-state index contributed by atoms with van der Waals surface area (Å²) in [6, 6.07) is 7.85. The van der Waals surface area contributed by atoms with Gasteiger partial charge in [0, 0.05) is 13.6 Å². The maximum atomic E-state index is 11.5. The van der Waals surface area contributed by atoms with Crippen molar-refractivity contribution in [2.24, 2.45) is 0 Å². The van der Waals surface area contributed by atoms with Gasteiger partial charge in [-0.3, -0.25) is 10.1 Å². The molecule has 1 aromatic heterocycles. The molecule has 1 aromatic carbocycles. The minimum atomic E-state index is -0.227. The van der Waals surface area contributed by atoms with Gasteiger partial charge in [0.05, 0.1) is 23.6 Å². The summed E-state index contributed by atoms with van der Waals surface area (Å²) < 4.78 is 2.17. The molecule has 0 bridgehead atoms. The van der Waals surface area contributed by atoms with Crippen LogP contribution in [0.1, 0.15) is 19.7 Å². The van der Waals surface area contributed by atoms with E-state index in [0.717, 1.165) is 23.4 Å². The molecule has 1 heterocycles. The number of nitrogens with one attached hydrogen (secondary N) is 2. The first-order valence-corrected chi connectivity index (χ1v) is 6.56. The molecule has 2 N–H and O–H groups in total. The number of hydrogen-bond donors (Lipinski definition) is 2. The van der Waals surface area contributed by atoms with Gasteiger partial charge in [-0.2, -0.15) is 0 Å². The number of aryl methyl sites for hydroxylation is 1. The second-order valence-corrected chi connectivity index (χ2v) is 4.48. The number of carbonyl (C=O) groups is 1. The number of benzene rings is 1. The Kier molecular flexibility index (Phi) is 4.16. The van der Waals surface area contributed by atoms with Gasteiger partial charge in [0.2, 0.25) is 5.91 Å². The topological polar surface area (TPSA) is 59.0 Å². The number of para-hydroxylation sites is 2. The first kappa shape index (κ1) is 13.5. The van der Waals surface area contributed by atoms with Crippen molar-refractivity contribution in [2.45, 2.75) is 33.0 Å². The fraction of sp³-hybridized carbons (Fsp3) is 0.429. The molecule has 0 saturated heterocycles. The van der Waals surface area contributed by atoms with Gasteiger partial charge in [0.25, 0.3) is 0 Å². The molecular formula is C14H20N4O. The van der Waals surface area contributed by atoms with Crippen molar-refractivity contribution in [1.29, 1.82) is 0 Å². The average molecular weight is 260 g/mol. The van der Waals surface area contributed by atoms with E-state index in [1.165, 1.54) is 0 Å². The monoisotopic (exact) mass is 260 g/mol. The maximum absolute atomic E-state index is 11.5. The summed E-state index contributed by atoms with van der Waals surface area (Å²) >= 11 is 0. The lowest BCUT2D eigenvalue weighted by atomic mass is 10.3. The van der Waals surface area contributed by atoms with E-state index in [1.54, 1.807) is 7.05 Å². The molecule has 5 heteroatoms. The lowest BCUT2D eigenvalue weighted by molar-refractivity contribution is -0.122. The Morgan fingerprint density at radius 1 is 1.42 bits per heavy atom. The van der Waals surface area contributed by atoms with Crippen LogP contribution in [0.5, 0.6) is 0 Å². The Morgan fingerprint density at radius 3 is 2.84 bits per heavy atom. The normalized spacial score (nSPS) is 12.6. The number of likely N-dealkylation sites (N-methyl/N-ethyl adjacent to an activating group) is 1. The van der Waals surface area contributed by atoms with Gasteiger partial charge < -0.3 is 9.88 Å². The third-order valence-electron chi connectivity index (χ3n) is 3.26. The van der Waals surface area contributed by atoms with Crippen LogP contribution in [-0.2, 0) is 17.9 Å². The van der Waals surface area contributed by atoms with E-state index in [2.05, 4.69) is 33.2 Å². The van der Waals surface area contributed by atoms with Crippen LogP contribution < -0.4 is 10.6 Å². The Labute approximate surface area is 113 Å². The molecule has 0 saturated carbocycles. The summed E-state index contributed by atoms with van der Waals surface area (Å²) in [6.07, 6.45) is 0. The van der Waals surface area contributed by atoms with Gasteiger partial charge >= 0.3 is 0 Å². The highest BCUT2D eigenvalue weighted by atomic mass is 16.2. The number of hydrogen-bond acceptors (Lipinski definition) is 3. The van der Waals surface area contributed by atoms with Gasteiger partial charge in [-0.15, -0.1) is 0 Å². The molecule has 19 heavy (non-hydrogen) atoms. The minimum Gasteiger partial charge on any atom is -0.358 e. The SMILES string of the molecule is CCn1c(CNC(C)C(=O)NC)nc2ccccc21. The number of fused-ring (bicyclic) bond motifs is 1. The lowest BCUT2D eigenvalue weighted by Crippen LogP contribution is -2.40. The molecule has 0 aliphatic rings. The molecule has 1 unspecified atom stereocenters. The highest BCUT2D eigenvalue weighted by Gasteiger charge is 2.13. The number of carbonyl (C=O) groups excluding carboxylic acids is 1. The van der Waals surface area contributed by atoms with E-state index in [4.69, 9.17) is 0 Å². The van der Waals surface area contributed by atoms with E-state index in [1.807, 2.05) is 25.1 Å². The van der Waals surface area contributed by atoms with Crippen molar-refractivity contribution in [3.63, 3.8) is 0 Å². The molecule has 2 rings (SSSR count). The zero-order chi connectivity index (χ0) is 13.8. The van der Waals surface area contributed by atoms with E-state index >= 15 is 0 Å². The van der Waals surface area contributed by atoms with E-state index in [-0.39, 0.29) is 11.9 Å². The maximum Gasteiger partial charge on any atom is 0.236 e. The van der Waals surface area contributed by atoms with Crippen LogP contribution in [0, 0.1) is 0 Å². The molecule has 0 fully saturated rings. The summed E-state index contributed by atoms with van der Waals surface area (Å²) in [4.78, 5) is 16.1. The van der Waals surface area contributed by atoms with Crippen LogP contribution >= 0.6 is 0 Å². The number of nitrogens with zero attached hydrogens (tertiary/aromatic N) is 2. The van der Waals surface area contributed by atoms with Crippen molar-refractivity contribution in [3.8, 4) is 0 Å². The second-order valence-electron chi connectivity index (χ2n) is 4.48. The van der Waals surface area contributed by atoms with Crippen molar-refractivity contribution in [1.82, 2.24) is 20.2 Å². The lowest BCUT2D eigenvalue weighted by Gasteiger charge is -2.12. The van der Waals surface area contributed by atoms with Crippen LogP contribution in [0.2, 0.25) is 0 Å². The van der Waals surface area contributed by atoms with Crippen LogP contribution in [0.25, 0.3) is 11.0 Å². The zero-order valence-electron chi connectivity index (χ0n) is 11.6. The first-order chi connectivity index (χ1) is 9.17. The molecule has 5 nitrogen and oxygen atoms in total. The van der Waals surface area contributed by atoms with Gasteiger partial charge in [-0.25, -0.2) is 4.98 Å². The van der Waals surface area contributed by atoms with Crippen LogP contribution in [0.15, 0.2) is 24.3 Å². The van der Waals surface area contributed by atoms with Gasteiger partial charge in [-0.05, 0) is 26.0 Å². The van der Waals surface area contributed by atoms with Crippen LogP contribution in [0.3, 0.4) is 0 Å². The minimum absolute atomic E-state index is 0.0147. The van der Waals surface area contributed by atoms with E-state index in [0.29, 0.717) is 6.54 Å². The summed E-state index contributed by atoms with van der Waals surface area (Å²) in [5.74, 6) is 0.943. The number of imidazole rings is 1. The predicted molar refractivity (Wildman–Crippen MR) is 75.8 cm³/mol. The summed E-state index contributed by atoms with van der Waals surface area (Å²) in [6.45, 7) is 5.39. The van der Waals surface area contributed by atoms with Crippen molar-refractivity contribution in [3.05, 3.63) is 30.1 Å². The molecule has 1 atom stereocenters. The molecule has 0 aliphatic carbocycles. The summed E-state index contributed by atoms with van der Waals surface area (Å²) in [5.41, 5.74) is 2.13. The molecule has 2 aromatic rings. The summed E-state index contributed by atoms with van der Waals surface area (Å²) in [7, 11) is 1.64. The van der Waals surface area contributed by atoms with Crippen LogP contribution in [0.4, 0.5) is 0 Å². The number of aromatic nitrogens is 2. The van der Waals surface area contributed by atoms with Gasteiger partial charge in [-0.1, -0.05) is 12.1 Å². The summed E-state index contributed by atoms with van der Waals surface area (Å²) in [5, 5.41) is 5.82. The van der Waals surface area contributed by atoms with Gasteiger partial charge in [0.15, 0.2) is 0 Å². The zero-order valence-corrected chi connectivity index (χ0v) is 11.6. The fourth-order valence-corrected chi connectivity index (χ4v) is 2.17. The smallest absolute Gasteiger partial charge is 0.236 e. The largest absolute Gasteiger partial charge is 0.358 e. The molecule has 102 valence electrons. The number of amides is 1. The van der Waals surface area contributed by atoms with E-state index in [9.17, 15) is 4.79 Å². The molecule has 0 aliphatic heterocycles. The highest BCUT2D eigenvalue weighted by molar-refractivity contribution is 5.81. The molecule has 0 spiro atoms. The molecule has 1 amide bonds. The number of rotatable bonds is 5. The third-order valence-corrected chi connectivity index (χ3v) is 3.26. The Balaban J connectivity index is 2.18. The predicted octanol–water partition coefficient (Wildman–Crippen LogP) is 1.28. The average Bonchev–Trinajstić information content (AvgIpc) is 2.81. The highest BCUT2D eigenvalue weighted by Crippen LogP contribution is 2.15. The molecule has 0 radical (unpaired) electrons. The fourth-order valence-electron chi connectivity index (χ4n) is 2.17. The van der Waals surface area contributed by atoms with Crippen molar-refractivity contribution < 1.29 is 4.79 Å². The molecular weight excluding hydrogens is 240 g/mol. The van der Waals surface area contributed by atoms with Crippen molar-refractivity contribution in [2.75, 3.05) is 7.05 Å². The first-order valence-electron chi connectivity index (χ1n) is 6.56. The van der Waals surface area contributed by atoms with Gasteiger partial charge in [0.1, 0.15) is 5.82 Å². The quantitative estimate of drug-likeness (QED) is 0.851. The van der Waals surface area contributed by atoms with E-state index < -0.39 is 0 Å². The Bertz CT molecular complexity index is 576. The van der Waals surface area contributed by atoms with Crippen molar-refractivity contribution >= 4 is 16.9 Å². The third kappa shape index (κ3) is 2.76. The van der Waals surface area contributed by atoms with Crippen LogP contribution in [-0.4, -0.2) is 28.5 Å².